The number of nitrogens with one attached hydrogen (secondary N) is 2. The van der Waals surface area contributed by atoms with Crippen LogP contribution < -0.4 is 5.73 Å². The first-order valence-corrected chi connectivity index (χ1v) is 9.96. The number of hydrogen-bond acceptors (Lipinski definition) is 4. The van der Waals surface area contributed by atoms with E-state index in [4.69, 9.17) is 20.6 Å². The Labute approximate surface area is 162 Å². The highest BCUT2D eigenvalue weighted by Crippen LogP contribution is 2.32. The number of carbonyl (C=O) groups excluding carboxylic acids is 1. The number of aromatic amines is 1. The van der Waals surface area contributed by atoms with E-state index >= 15 is 0 Å². The van der Waals surface area contributed by atoms with Crippen molar-refractivity contribution in [1.82, 2.24) is 4.98 Å². The summed E-state index contributed by atoms with van der Waals surface area (Å²) in [5, 5.41) is 6.95. The van der Waals surface area contributed by atoms with Gasteiger partial charge in [-0.05, 0) is 31.4 Å². The summed E-state index contributed by atoms with van der Waals surface area (Å²) >= 11 is 0. The van der Waals surface area contributed by atoms with E-state index in [2.05, 4.69) is 16.9 Å². The molecule has 1 aromatic rings. The molecule has 1 aliphatic heterocycles. The van der Waals surface area contributed by atoms with Crippen molar-refractivity contribution < 1.29 is 14.3 Å². The summed E-state index contributed by atoms with van der Waals surface area (Å²) in [4.78, 5) is 18.6. The number of aliphatic imine (C=N–C) groups is 1. The van der Waals surface area contributed by atoms with Crippen molar-refractivity contribution in [3.05, 3.63) is 23.5 Å². The van der Waals surface area contributed by atoms with Crippen molar-refractivity contribution in [2.75, 3.05) is 6.61 Å². The first-order chi connectivity index (χ1) is 13.1. The summed E-state index contributed by atoms with van der Waals surface area (Å²) in [6, 6.07) is 3.74. The molecule has 0 amide bonds. The zero-order valence-electron chi connectivity index (χ0n) is 16.8. The third kappa shape index (κ3) is 7.95. The second-order valence-electron chi connectivity index (χ2n) is 6.29. The third-order valence-electron chi connectivity index (χ3n) is 4.31. The maximum absolute atomic E-state index is 11.7. The number of nitrogens with zero attached hydrogens (tertiary/aromatic N) is 1. The zero-order valence-corrected chi connectivity index (χ0v) is 16.8. The molecule has 1 aliphatic rings. The quantitative estimate of drug-likeness (QED) is 0.246. The number of amidine groups is 1. The highest BCUT2D eigenvalue weighted by atomic mass is 16.6. The van der Waals surface area contributed by atoms with Crippen molar-refractivity contribution in [3.63, 3.8) is 0 Å². The molecule has 1 aromatic heterocycles. The Morgan fingerprint density at radius 1 is 1.37 bits per heavy atom. The van der Waals surface area contributed by atoms with Gasteiger partial charge in [-0.1, -0.05) is 40.0 Å². The van der Waals surface area contributed by atoms with Crippen LogP contribution in [-0.2, 0) is 14.3 Å². The van der Waals surface area contributed by atoms with Gasteiger partial charge in [0, 0.05) is 12.1 Å². The van der Waals surface area contributed by atoms with Crippen LogP contribution in [0.2, 0.25) is 0 Å². The molecule has 1 saturated heterocycles. The molecule has 2 rings (SSSR count). The fourth-order valence-electron chi connectivity index (χ4n) is 2.90. The van der Waals surface area contributed by atoms with E-state index in [0.29, 0.717) is 18.7 Å². The van der Waals surface area contributed by atoms with Crippen LogP contribution in [0.25, 0.3) is 0 Å². The lowest BCUT2D eigenvalue weighted by molar-refractivity contribution is -0.147. The van der Waals surface area contributed by atoms with Crippen LogP contribution in [0, 0.1) is 5.41 Å². The fourth-order valence-corrected chi connectivity index (χ4v) is 2.90. The van der Waals surface area contributed by atoms with Gasteiger partial charge in [-0.25, -0.2) is 4.99 Å². The molecule has 0 spiro atoms. The lowest BCUT2D eigenvalue weighted by Crippen LogP contribution is -2.18. The van der Waals surface area contributed by atoms with Gasteiger partial charge in [0.25, 0.3) is 0 Å². The Hall–Kier alpha value is -2.15. The SMILES string of the molecule is CC.CCCCCCC(=O)OCC1CCC(c2ccc(C(N)=NC=N)[nH]2)O1. The van der Waals surface area contributed by atoms with Gasteiger partial charge in [0.1, 0.15) is 18.8 Å². The van der Waals surface area contributed by atoms with E-state index in [1.807, 2.05) is 26.0 Å². The average molecular weight is 379 g/mol. The number of esters is 1. The fraction of sp³-hybridized carbons (Fsp3) is 0.650. The second kappa shape index (κ2) is 13.1. The van der Waals surface area contributed by atoms with Crippen molar-refractivity contribution in [3.8, 4) is 0 Å². The molecular formula is C20H34N4O3. The molecule has 2 atom stereocenters. The Morgan fingerprint density at radius 3 is 2.85 bits per heavy atom. The molecular weight excluding hydrogens is 344 g/mol. The van der Waals surface area contributed by atoms with Gasteiger partial charge in [0.05, 0.1) is 17.9 Å². The van der Waals surface area contributed by atoms with Crippen LogP contribution in [-0.4, -0.2) is 35.8 Å². The maximum Gasteiger partial charge on any atom is 0.305 e. The predicted octanol–water partition coefficient (Wildman–Crippen LogP) is 4.09. The first-order valence-electron chi connectivity index (χ1n) is 9.96. The Morgan fingerprint density at radius 2 is 2.15 bits per heavy atom. The second-order valence-corrected chi connectivity index (χ2v) is 6.29. The molecule has 0 aliphatic carbocycles. The number of nitrogens with two attached hydrogens (primary N) is 1. The van der Waals surface area contributed by atoms with Crippen molar-refractivity contribution in [2.45, 2.75) is 77.9 Å². The number of H-pyrrole nitrogens is 1. The molecule has 152 valence electrons. The van der Waals surface area contributed by atoms with Crippen LogP contribution >= 0.6 is 0 Å². The lowest BCUT2D eigenvalue weighted by atomic mass is 10.1. The molecule has 0 radical (unpaired) electrons. The third-order valence-corrected chi connectivity index (χ3v) is 4.31. The minimum atomic E-state index is -0.138. The summed E-state index contributed by atoms with van der Waals surface area (Å²) in [5.74, 6) is 0.133. The van der Waals surface area contributed by atoms with Crippen LogP contribution in [0.5, 0.6) is 0 Å². The monoisotopic (exact) mass is 378 g/mol. The molecule has 2 heterocycles. The van der Waals surface area contributed by atoms with Gasteiger partial charge in [0.15, 0.2) is 0 Å². The number of carbonyl (C=O) groups is 1. The number of unbranched alkanes of at least 4 members (excludes halogenated alkanes) is 3. The van der Waals surface area contributed by atoms with Gasteiger partial charge >= 0.3 is 5.97 Å². The lowest BCUT2D eigenvalue weighted by Gasteiger charge is -2.13. The molecule has 7 heteroatoms. The zero-order chi connectivity index (χ0) is 20.1. The maximum atomic E-state index is 11.7. The highest BCUT2D eigenvalue weighted by Gasteiger charge is 2.28. The van der Waals surface area contributed by atoms with Crippen molar-refractivity contribution in [2.24, 2.45) is 10.7 Å². The minimum Gasteiger partial charge on any atom is -0.463 e. The molecule has 4 N–H and O–H groups in total. The van der Waals surface area contributed by atoms with Gasteiger partial charge in [-0.3, -0.25) is 10.2 Å². The minimum absolute atomic E-state index is 0.0604. The summed E-state index contributed by atoms with van der Waals surface area (Å²) in [6.07, 6.45) is 7.28. The highest BCUT2D eigenvalue weighted by molar-refractivity contribution is 5.99. The Balaban J connectivity index is 0.00000176. The van der Waals surface area contributed by atoms with Gasteiger partial charge < -0.3 is 20.2 Å². The standard InChI is InChI=1S/C18H28N4O3.C2H6/c1-2-3-4-5-6-17(23)24-11-13-7-10-16(25-13)14-8-9-15(22-14)18(20)21-12-19;1-2/h8-9,12-13,16,22H,2-7,10-11H2,1H3,(H3,19,20,21);1-2H3. The topological polar surface area (TPSA) is 114 Å². The Kier molecular flexibility index (Phi) is 11.1. The summed E-state index contributed by atoms with van der Waals surface area (Å²) < 4.78 is 11.3. The number of rotatable bonds is 10. The molecule has 0 aromatic carbocycles. The van der Waals surface area contributed by atoms with Crippen LogP contribution in [0.3, 0.4) is 0 Å². The molecule has 1 fully saturated rings. The van der Waals surface area contributed by atoms with Crippen LogP contribution in [0.15, 0.2) is 17.1 Å². The number of ether oxygens (including phenoxy) is 2. The first kappa shape index (κ1) is 22.9. The molecule has 2 unspecified atom stereocenters. The van der Waals surface area contributed by atoms with Crippen molar-refractivity contribution in [1.29, 1.82) is 5.41 Å². The Bertz CT molecular complexity index is 598. The van der Waals surface area contributed by atoms with E-state index in [0.717, 1.165) is 50.6 Å². The number of aromatic nitrogens is 1. The largest absolute Gasteiger partial charge is 0.463 e. The van der Waals surface area contributed by atoms with Crippen LogP contribution in [0.4, 0.5) is 0 Å². The number of hydrogen-bond donors (Lipinski definition) is 3. The molecule has 0 bridgehead atoms. The summed E-state index contributed by atoms with van der Waals surface area (Å²) in [7, 11) is 0. The predicted molar refractivity (Wildman–Crippen MR) is 108 cm³/mol. The van der Waals surface area contributed by atoms with E-state index < -0.39 is 0 Å². The van der Waals surface area contributed by atoms with Gasteiger partial charge in [0.2, 0.25) is 0 Å². The molecule has 27 heavy (non-hydrogen) atoms. The van der Waals surface area contributed by atoms with Crippen molar-refractivity contribution >= 4 is 18.1 Å². The van der Waals surface area contributed by atoms with E-state index in [1.165, 1.54) is 0 Å². The van der Waals surface area contributed by atoms with E-state index in [-0.39, 0.29) is 24.0 Å². The molecule has 0 saturated carbocycles. The van der Waals surface area contributed by atoms with E-state index in [1.54, 1.807) is 0 Å². The van der Waals surface area contributed by atoms with Gasteiger partial charge in [-0.2, -0.15) is 0 Å². The normalized spacial score (nSPS) is 19.3. The van der Waals surface area contributed by atoms with Gasteiger partial charge in [-0.15, -0.1) is 0 Å². The summed E-state index contributed by atoms with van der Waals surface area (Å²) in [5.41, 5.74) is 7.35. The average Bonchev–Trinajstić information content (AvgIpc) is 3.35. The van der Waals surface area contributed by atoms with E-state index in [9.17, 15) is 4.79 Å². The smallest absolute Gasteiger partial charge is 0.305 e. The van der Waals surface area contributed by atoms with Crippen LogP contribution in [0.1, 0.15) is 83.2 Å². The summed E-state index contributed by atoms with van der Waals surface area (Å²) in [6.45, 7) is 6.46. The molecule has 7 nitrogen and oxygen atoms in total.